The molecule has 7 rings (SSSR count). The molecule has 0 saturated carbocycles. The first-order valence-electron chi connectivity index (χ1n) is 14.7. The number of hydrogen-bond donors (Lipinski definition) is 1. The maximum atomic E-state index is 15.1. The largest absolute Gasteiger partial charge is 0.489 e. The minimum absolute atomic E-state index is 0.0606. The number of pyridine rings is 1. The summed E-state index contributed by atoms with van der Waals surface area (Å²) in [7, 11) is 0. The molecule has 2 unspecified atom stereocenters. The fourth-order valence-electron chi connectivity index (χ4n) is 6.73. The standard InChI is InChI=1S/C32H33FN4O5/c1-18-13-36(14-19-10-20-2-5-26(21-8-9-41-17-21)34-30(20)25(33)11-19)16-28(18)42-23-3-4-24-22(12-23)15-37(32(24)40)27-6-7-29(38)35-31(27)39/h2-5,10-12,18,21,27-28H,6-9,13-17H2,1H3,(H,35,38,39)/t18-,21?,27?,28-/m1/s1. The first kappa shape index (κ1) is 27.0. The quantitative estimate of drug-likeness (QED) is 0.451. The second kappa shape index (κ2) is 10.7. The van der Waals surface area contributed by atoms with Crippen LogP contribution in [0.2, 0.25) is 0 Å². The third-order valence-electron chi connectivity index (χ3n) is 8.98. The van der Waals surface area contributed by atoms with E-state index in [4.69, 9.17) is 9.47 Å². The molecule has 0 aliphatic carbocycles. The third-order valence-corrected chi connectivity index (χ3v) is 8.98. The fourth-order valence-corrected chi connectivity index (χ4v) is 6.73. The molecule has 218 valence electrons. The minimum Gasteiger partial charge on any atom is -0.489 e. The zero-order chi connectivity index (χ0) is 29.0. The zero-order valence-electron chi connectivity index (χ0n) is 23.5. The van der Waals surface area contributed by atoms with E-state index < -0.39 is 11.9 Å². The Labute approximate surface area is 243 Å². The second-order valence-corrected chi connectivity index (χ2v) is 12.0. The van der Waals surface area contributed by atoms with Crippen molar-refractivity contribution in [1.82, 2.24) is 20.1 Å². The number of benzene rings is 2. The molecule has 0 spiro atoms. The highest BCUT2D eigenvalue weighted by Crippen LogP contribution is 2.33. The van der Waals surface area contributed by atoms with Crippen molar-refractivity contribution >= 4 is 28.6 Å². The van der Waals surface area contributed by atoms with Gasteiger partial charge in [0.15, 0.2) is 0 Å². The predicted molar refractivity (Wildman–Crippen MR) is 151 cm³/mol. The van der Waals surface area contributed by atoms with E-state index in [-0.39, 0.29) is 42.0 Å². The van der Waals surface area contributed by atoms with Crippen molar-refractivity contribution in [3.63, 3.8) is 0 Å². The Balaban J connectivity index is 1.00. The molecule has 4 aliphatic heterocycles. The van der Waals surface area contributed by atoms with E-state index in [0.717, 1.165) is 41.8 Å². The molecule has 4 atom stereocenters. The van der Waals surface area contributed by atoms with Crippen LogP contribution < -0.4 is 10.1 Å². The average molecular weight is 573 g/mol. The summed E-state index contributed by atoms with van der Waals surface area (Å²) in [5.41, 5.74) is 3.57. The fraction of sp³-hybridized carbons (Fsp3) is 0.438. The van der Waals surface area contributed by atoms with Gasteiger partial charge in [-0.2, -0.15) is 0 Å². The molecule has 3 fully saturated rings. The van der Waals surface area contributed by atoms with Crippen molar-refractivity contribution < 1.29 is 28.2 Å². The van der Waals surface area contributed by atoms with E-state index in [1.807, 2.05) is 24.3 Å². The van der Waals surface area contributed by atoms with Gasteiger partial charge in [-0.3, -0.25) is 24.6 Å². The highest BCUT2D eigenvalue weighted by Gasteiger charge is 2.39. The number of nitrogens with one attached hydrogen (secondary N) is 1. The normalized spacial score (nSPS) is 26.2. The van der Waals surface area contributed by atoms with Gasteiger partial charge >= 0.3 is 0 Å². The summed E-state index contributed by atoms with van der Waals surface area (Å²) in [6, 6.07) is 12.4. The Bertz CT molecular complexity index is 1590. The SMILES string of the molecule is C[C@@H]1CN(Cc2cc(F)c3nc(C4CCOC4)ccc3c2)C[C@H]1Oc1ccc2c(c1)CN(C1CCC(=O)NC1=O)C2=O. The van der Waals surface area contributed by atoms with E-state index in [0.29, 0.717) is 49.5 Å². The summed E-state index contributed by atoms with van der Waals surface area (Å²) in [4.78, 5) is 45.3. The van der Waals surface area contributed by atoms with Crippen LogP contribution in [0.25, 0.3) is 10.9 Å². The minimum atomic E-state index is -0.643. The summed E-state index contributed by atoms with van der Waals surface area (Å²) in [5.74, 6) is -0.0695. The van der Waals surface area contributed by atoms with Crippen molar-refractivity contribution in [2.75, 3.05) is 26.3 Å². The van der Waals surface area contributed by atoms with Crippen LogP contribution in [0, 0.1) is 11.7 Å². The summed E-state index contributed by atoms with van der Waals surface area (Å²) in [5, 5.41) is 3.13. The number of carbonyl (C=O) groups excluding carboxylic acids is 3. The predicted octanol–water partition coefficient (Wildman–Crippen LogP) is 3.54. The topological polar surface area (TPSA) is 101 Å². The van der Waals surface area contributed by atoms with Gasteiger partial charge in [-0.05, 0) is 60.4 Å². The summed E-state index contributed by atoms with van der Waals surface area (Å²) in [6.07, 6.45) is 1.41. The third kappa shape index (κ3) is 5.03. The van der Waals surface area contributed by atoms with Crippen LogP contribution in [0.1, 0.15) is 59.3 Å². The van der Waals surface area contributed by atoms with Crippen molar-refractivity contribution in [3.8, 4) is 5.75 Å². The second-order valence-electron chi connectivity index (χ2n) is 12.0. The smallest absolute Gasteiger partial charge is 0.255 e. The number of rotatable bonds is 6. The van der Waals surface area contributed by atoms with E-state index >= 15 is 4.39 Å². The molecule has 9 nitrogen and oxygen atoms in total. The van der Waals surface area contributed by atoms with Gasteiger partial charge in [0.25, 0.3) is 5.91 Å². The Kier molecular flexibility index (Phi) is 6.90. The van der Waals surface area contributed by atoms with Crippen LogP contribution in [0.4, 0.5) is 4.39 Å². The number of fused-ring (bicyclic) bond motifs is 2. The molecule has 1 aromatic heterocycles. The number of aromatic nitrogens is 1. The van der Waals surface area contributed by atoms with Crippen LogP contribution in [0.5, 0.6) is 5.75 Å². The summed E-state index contributed by atoms with van der Waals surface area (Å²) < 4.78 is 27.0. The molecule has 3 aromatic rings. The number of halogens is 1. The molecular formula is C32H33FN4O5. The van der Waals surface area contributed by atoms with Crippen LogP contribution in [-0.4, -0.2) is 71.0 Å². The number of piperidine rings is 1. The van der Waals surface area contributed by atoms with Crippen LogP contribution in [0.15, 0.2) is 42.5 Å². The van der Waals surface area contributed by atoms with Gasteiger partial charge in [-0.15, -0.1) is 0 Å². The number of nitrogens with zero attached hydrogens (tertiary/aromatic N) is 3. The van der Waals surface area contributed by atoms with Gasteiger partial charge in [0.2, 0.25) is 11.8 Å². The van der Waals surface area contributed by atoms with Gasteiger partial charge < -0.3 is 14.4 Å². The maximum Gasteiger partial charge on any atom is 0.255 e. The highest BCUT2D eigenvalue weighted by atomic mass is 19.1. The number of likely N-dealkylation sites (tertiary alicyclic amines) is 1. The van der Waals surface area contributed by atoms with E-state index in [9.17, 15) is 14.4 Å². The monoisotopic (exact) mass is 572 g/mol. The van der Waals surface area contributed by atoms with Crippen molar-refractivity contribution in [3.05, 3.63) is 70.7 Å². The number of carbonyl (C=O) groups is 3. The lowest BCUT2D eigenvalue weighted by molar-refractivity contribution is -0.136. The van der Waals surface area contributed by atoms with Crippen molar-refractivity contribution in [1.29, 1.82) is 0 Å². The average Bonchev–Trinajstić information content (AvgIpc) is 3.69. The van der Waals surface area contributed by atoms with Gasteiger partial charge in [0.1, 0.15) is 29.2 Å². The molecule has 3 amide bonds. The molecule has 5 heterocycles. The molecular weight excluding hydrogens is 539 g/mol. The summed E-state index contributed by atoms with van der Waals surface area (Å²) >= 11 is 0. The molecule has 1 N–H and O–H groups in total. The Morgan fingerprint density at radius 1 is 1.10 bits per heavy atom. The molecule has 4 aliphatic rings. The molecule has 10 heteroatoms. The van der Waals surface area contributed by atoms with Crippen LogP contribution in [0.3, 0.4) is 0 Å². The lowest BCUT2D eigenvalue weighted by Gasteiger charge is -2.29. The highest BCUT2D eigenvalue weighted by molar-refractivity contribution is 6.05. The Morgan fingerprint density at radius 2 is 1.98 bits per heavy atom. The lowest BCUT2D eigenvalue weighted by Crippen LogP contribution is -2.52. The van der Waals surface area contributed by atoms with E-state index in [1.54, 1.807) is 18.2 Å². The van der Waals surface area contributed by atoms with Gasteiger partial charge in [0.05, 0.1) is 6.61 Å². The molecule has 3 saturated heterocycles. The van der Waals surface area contributed by atoms with Gasteiger partial charge in [-0.25, -0.2) is 9.37 Å². The van der Waals surface area contributed by atoms with E-state index in [1.165, 1.54) is 4.90 Å². The zero-order valence-corrected chi connectivity index (χ0v) is 23.5. The molecule has 0 radical (unpaired) electrons. The molecule has 42 heavy (non-hydrogen) atoms. The van der Waals surface area contributed by atoms with Crippen LogP contribution in [-0.2, 0) is 27.4 Å². The number of imide groups is 1. The van der Waals surface area contributed by atoms with Gasteiger partial charge in [0, 0.05) is 67.7 Å². The number of ether oxygens (including phenoxy) is 2. The van der Waals surface area contributed by atoms with E-state index in [2.05, 4.69) is 22.1 Å². The number of hydrogen-bond acceptors (Lipinski definition) is 7. The van der Waals surface area contributed by atoms with Gasteiger partial charge in [-0.1, -0.05) is 13.0 Å². The maximum absolute atomic E-state index is 15.1. The molecule has 0 bridgehead atoms. The first-order chi connectivity index (χ1) is 20.3. The molecule has 2 aromatic carbocycles. The Morgan fingerprint density at radius 3 is 2.79 bits per heavy atom. The van der Waals surface area contributed by atoms with Crippen molar-refractivity contribution in [2.24, 2.45) is 5.92 Å². The summed E-state index contributed by atoms with van der Waals surface area (Å²) in [6.45, 7) is 5.93. The Hall–Kier alpha value is -3.89. The number of amides is 3. The van der Waals surface area contributed by atoms with Crippen molar-refractivity contribution in [2.45, 2.75) is 57.3 Å². The first-order valence-corrected chi connectivity index (χ1v) is 14.7. The lowest BCUT2D eigenvalue weighted by atomic mass is 10.0. The van der Waals surface area contributed by atoms with Crippen LogP contribution >= 0.6 is 0 Å².